The number of ether oxygens (including phenoxy) is 1. The Balaban J connectivity index is 1.76. The van der Waals surface area contributed by atoms with Crippen LogP contribution in [0.25, 0.3) is 0 Å². The summed E-state index contributed by atoms with van der Waals surface area (Å²) >= 11 is 3.41. The molecule has 7 nitrogen and oxygen atoms in total. The zero-order valence-corrected chi connectivity index (χ0v) is 20.7. The average Bonchev–Trinajstić information content (AvgIpc) is 2.83. The maximum absolute atomic E-state index is 13.1. The Kier molecular flexibility index (Phi) is 8.43. The molecular formula is C26H26BrN3O4. The monoisotopic (exact) mass is 523 g/mol. The molecule has 1 unspecified atom stereocenters. The predicted octanol–water partition coefficient (Wildman–Crippen LogP) is 5.10. The number of benzene rings is 3. The van der Waals surface area contributed by atoms with Crippen LogP contribution in [-0.4, -0.2) is 30.9 Å². The molecule has 0 aromatic heterocycles. The number of nitrogens with one attached hydrogen (secondary N) is 3. The highest BCUT2D eigenvalue weighted by Gasteiger charge is 2.26. The Hall–Kier alpha value is -3.65. The lowest BCUT2D eigenvalue weighted by atomic mass is 10.0. The first-order valence-corrected chi connectivity index (χ1v) is 11.5. The number of hydrogen-bond acceptors (Lipinski definition) is 4. The van der Waals surface area contributed by atoms with E-state index in [-0.39, 0.29) is 23.3 Å². The summed E-state index contributed by atoms with van der Waals surface area (Å²) in [6.07, 6.45) is 0. The van der Waals surface area contributed by atoms with Crippen LogP contribution in [0.3, 0.4) is 0 Å². The summed E-state index contributed by atoms with van der Waals surface area (Å²) in [5, 5.41) is 8.43. The molecule has 34 heavy (non-hydrogen) atoms. The quantitative estimate of drug-likeness (QED) is 0.382. The zero-order chi connectivity index (χ0) is 24.7. The van der Waals surface area contributed by atoms with Crippen molar-refractivity contribution in [2.24, 2.45) is 5.92 Å². The Morgan fingerprint density at radius 3 is 2.03 bits per heavy atom. The lowest BCUT2D eigenvalue weighted by Gasteiger charge is -2.23. The van der Waals surface area contributed by atoms with Crippen LogP contribution in [0.2, 0.25) is 0 Å². The van der Waals surface area contributed by atoms with Crippen molar-refractivity contribution in [2.75, 3.05) is 17.7 Å². The van der Waals surface area contributed by atoms with Crippen LogP contribution in [0.15, 0.2) is 77.3 Å². The van der Waals surface area contributed by atoms with E-state index in [1.54, 1.807) is 61.7 Å². The molecule has 3 rings (SSSR count). The van der Waals surface area contributed by atoms with Crippen LogP contribution in [0.5, 0.6) is 5.75 Å². The summed E-state index contributed by atoms with van der Waals surface area (Å²) < 4.78 is 5.86. The van der Waals surface area contributed by atoms with Gasteiger partial charge < -0.3 is 20.7 Å². The zero-order valence-electron chi connectivity index (χ0n) is 19.1. The molecule has 3 amide bonds. The third-order valence-corrected chi connectivity index (χ3v) is 5.83. The Morgan fingerprint density at radius 2 is 1.41 bits per heavy atom. The van der Waals surface area contributed by atoms with Gasteiger partial charge in [-0.3, -0.25) is 14.4 Å². The number of anilines is 2. The molecule has 0 bridgehead atoms. The second kappa shape index (κ2) is 11.5. The van der Waals surface area contributed by atoms with Gasteiger partial charge in [0, 0.05) is 10.0 Å². The largest absolute Gasteiger partial charge is 0.497 e. The van der Waals surface area contributed by atoms with Crippen molar-refractivity contribution < 1.29 is 19.1 Å². The number of amides is 3. The fourth-order valence-corrected chi connectivity index (χ4v) is 3.64. The average molecular weight is 524 g/mol. The van der Waals surface area contributed by atoms with E-state index in [0.717, 1.165) is 4.47 Å². The van der Waals surface area contributed by atoms with Gasteiger partial charge >= 0.3 is 0 Å². The maximum atomic E-state index is 13.1. The third-order valence-electron chi connectivity index (χ3n) is 5.14. The van der Waals surface area contributed by atoms with Crippen molar-refractivity contribution in [1.82, 2.24) is 5.32 Å². The number of halogens is 1. The summed E-state index contributed by atoms with van der Waals surface area (Å²) in [5.41, 5.74) is 1.63. The molecule has 0 heterocycles. The van der Waals surface area contributed by atoms with E-state index in [1.807, 2.05) is 32.0 Å². The summed E-state index contributed by atoms with van der Waals surface area (Å²) in [5.74, 6) is -0.707. The van der Waals surface area contributed by atoms with Gasteiger partial charge in [0.05, 0.1) is 24.0 Å². The van der Waals surface area contributed by atoms with Crippen LogP contribution in [0, 0.1) is 5.92 Å². The van der Waals surface area contributed by atoms with Gasteiger partial charge in [0.2, 0.25) is 5.91 Å². The van der Waals surface area contributed by atoms with E-state index < -0.39 is 11.9 Å². The smallest absolute Gasteiger partial charge is 0.255 e. The highest BCUT2D eigenvalue weighted by molar-refractivity contribution is 9.10. The SMILES string of the molecule is COc1ccc(C(=O)Nc2ccccc2C(=O)NC(C(=O)Nc2ccccc2Br)C(C)C)cc1. The fourth-order valence-electron chi connectivity index (χ4n) is 3.25. The molecule has 176 valence electrons. The molecule has 0 aliphatic rings. The molecule has 0 saturated heterocycles. The first-order valence-electron chi connectivity index (χ1n) is 10.7. The van der Waals surface area contributed by atoms with E-state index in [1.165, 1.54) is 0 Å². The summed E-state index contributed by atoms with van der Waals surface area (Å²) in [6.45, 7) is 3.70. The Labute approximate surface area is 207 Å². The maximum Gasteiger partial charge on any atom is 0.255 e. The van der Waals surface area contributed by atoms with Crippen LogP contribution in [-0.2, 0) is 4.79 Å². The molecule has 8 heteroatoms. The molecule has 0 aliphatic carbocycles. The van der Waals surface area contributed by atoms with Crippen molar-refractivity contribution in [2.45, 2.75) is 19.9 Å². The molecule has 0 fully saturated rings. The van der Waals surface area contributed by atoms with E-state index in [0.29, 0.717) is 22.7 Å². The van der Waals surface area contributed by atoms with Crippen molar-refractivity contribution >= 4 is 45.0 Å². The minimum absolute atomic E-state index is 0.174. The van der Waals surface area contributed by atoms with E-state index >= 15 is 0 Å². The number of para-hydroxylation sites is 2. The van der Waals surface area contributed by atoms with Crippen molar-refractivity contribution in [1.29, 1.82) is 0 Å². The summed E-state index contributed by atoms with van der Waals surface area (Å²) in [6, 6.07) is 19.8. The molecule has 0 saturated carbocycles. The van der Waals surface area contributed by atoms with Gasteiger partial charge in [-0.05, 0) is 70.4 Å². The van der Waals surface area contributed by atoms with E-state index in [2.05, 4.69) is 31.9 Å². The Bertz CT molecular complexity index is 1180. The lowest BCUT2D eigenvalue weighted by Crippen LogP contribution is -2.47. The van der Waals surface area contributed by atoms with Gasteiger partial charge in [0.15, 0.2) is 0 Å². The predicted molar refractivity (Wildman–Crippen MR) is 136 cm³/mol. The molecule has 3 N–H and O–H groups in total. The van der Waals surface area contributed by atoms with Gasteiger partial charge in [-0.2, -0.15) is 0 Å². The van der Waals surface area contributed by atoms with Gasteiger partial charge in [-0.1, -0.05) is 38.1 Å². The lowest BCUT2D eigenvalue weighted by molar-refractivity contribution is -0.118. The number of hydrogen-bond donors (Lipinski definition) is 3. The highest BCUT2D eigenvalue weighted by atomic mass is 79.9. The molecule has 0 radical (unpaired) electrons. The second-order valence-electron chi connectivity index (χ2n) is 7.89. The first kappa shape index (κ1) is 25.0. The third kappa shape index (κ3) is 6.23. The Morgan fingerprint density at radius 1 is 0.794 bits per heavy atom. The van der Waals surface area contributed by atoms with Gasteiger partial charge in [0.1, 0.15) is 11.8 Å². The van der Waals surface area contributed by atoms with Gasteiger partial charge in [0.25, 0.3) is 11.8 Å². The minimum Gasteiger partial charge on any atom is -0.497 e. The number of carbonyl (C=O) groups is 3. The number of methoxy groups -OCH3 is 1. The van der Waals surface area contributed by atoms with Crippen molar-refractivity contribution in [3.63, 3.8) is 0 Å². The van der Waals surface area contributed by atoms with E-state index in [4.69, 9.17) is 4.74 Å². The van der Waals surface area contributed by atoms with Crippen LogP contribution in [0.1, 0.15) is 34.6 Å². The first-order chi connectivity index (χ1) is 16.3. The van der Waals surface area contributed by atoms with Gasteiger partial charge in [-0.15, -0.1) is 0 Å². The van der Waals surface area contributed by atoms with Gasteiger partial charge in [-0.25, -0.2) is 0 Å². The van der Waals surface area contributed by atoms with Crippen molar-refractivity contribution in [3.05, 3.63) is 88.4 Å². The number of carbonyl (C=O) groups excluding carboxylic acids is 3. The fraction of sp³-hybridized carbons (Fsp3) is 0.192. The molecule has 0 aliphatic heterocycles. The normalized spacial score (nSPS) is 11.4. The molecule has 0 spiro atoms. The molecular weight excluding hydrogens is 498 g/mol. The topological polar surface area (TPSA) is 96.5 Å². The molecule has 3 aromatic rings. The molecule has 1 atom stereocenters. The minimum atomic E-state index is -0.787. The van der Waals surface area contributed by atoms with Crippen LogP contribution >= 0.6 is 15.9 Å². The van der Waals surface area contributed by atoms with Crippen LogP contribution in [0.4, 0.5) is 11.4 Å². The van der Waals surface area contributed by atoms with Crippen molar-refractivity contribution in [3.8, 4) is 5.75 Å². The second-order valence-corrected chi connectivity index (χ2v) is 8.75. The summed E-state index contributed by atoms with van der Waals surface area (Å²) in [7, 11) is 1.55. The number of rotatable bonds is 8. The molecule has 3 aromatic carbocycles. The standard InChI is InChI=1S/C26H26BrN3O4/c1-16(2)23(26(33)29-22-11-7-5-9-20(22)27)30-25(32)19-8-4-6-10-21(19)28-24(31)17-12-14-18(34-3)15-13-17/h4-16,23H,1-3H3,(H,28,31)(H,29,33)(H,30,32). The van der Waals surface area contributed by atoms with Crippen LogP contribution < -0.4 is 20.7 Å². The highest BCUT2D eigenvalue weighted by Crippen LogP contribution is 2.22. The van der Waals surface area contributed by atoms with E-state index in [9.17, 15) is 14.4 Å². The summed E-state index contributed by atoms with van der Waals surface area (Å²) in [4.78, 5) is 38.8.